The first-order chi connectivity index (χ1) is 8.34. The van der Waals surface area contributed by atoms with E-state index < -0.39 is 11.9 Å². The van der Waals surface area contributed by atoms with Crippen molar-refractivity contribution in [2.45, 2.75) is 40.5 Å². The Kier molecular flexibility index (Phi) is 7.77. The van der Waals surface area contributed by atoms with Crippen LogP contribution in [-0.4, -0.2) is 11.1 Å². The van der Waals surface area contributed by atoms with Gasteiger partial charge in [-0.3, -0.25) is 4.79 Å². The molecular weight excluding hydrogens is 224 g/mol. The Morgan fingerprint density at radius 3 is 2.44 bits per heavy atom. The molecule has 0 aliphatic rings. The molecule has 0 aromatic carbocycles. The highest BCUT2D eigenvalue weighted by atomic mass is 16.4. The van der Waals surface area contributed by atoms with E-state index in [1.165, 1.54) is 11.1 Å². The van der Waals surface area contributed by atoms with Crippen LogP contribution in [0.3, 0.4) is 0 Å². The van der Waals surface area contributed by atoms with Crippen molar-refractivity contribution in [1.82, 2.24) is 0 Å². The summed E-state index contributed by atoms with van der Waals surface area (Å²) in [5, 5.41) is 8.81. The smallest absolute Gasteiger partial charge is 0.310 e. The molecule has 0 amide bonds. The monoisotopic (exact) mass is 248 g/mol. The number of hydrogen-bond donors (Lipinski definition) is 1. The minimum Gasteiger partial charge on any atom is -0.481 e. The molecule has 1 N–H and O–H groups in total. The third-order valence-corrected chi connectivity index (χ3v) is 2.71. The molecule has 18 heavy (non-hydrogen) atoms. The summed E-state index contributed by atoms with van der Waals surface area (Å²) in [6, 6.07) is 0. The summed E-state index contributed by atoms with van der Waals surface area (Å²) >= 11 is 0. The van der Waals surface area contributed by atoms with Gasteiger partial charge in [-0.2, -0.15) is 0 Å². The Balaban J connectivity index is 4.24. The van der Waals surface area contributed by atoms with Crippen LogP contribution in [0.15, 0.2) is 47.6 Å². The van der Waals surface area contributed by atoms with E-state index in [1.54, 1.807) is 13.0 Å². The van der Waals surface area contributed by atoms with Crippen molar-refractivity contribution in [3.05, 3.63) is 47.6 Å². The first-order valence-electron chi connectivity index (χ1n) is 6.23. The lowest BCUT2D eigenvalue weighted by Gasteiger charge is -2.04. The van der Waals surface area contributed by atoms with Gasteiger partial charge in [-0.05, 0) is 46.1 Å². The van der Waals surface area contributed by atoms with Crippen molar-refractivity contribution in [2.75, 3.05) is 0 Å². The molecule has 0 bridgehead atoms. The minimum atomic E-state index is -0.839. The first-order valence-corrected chi connectivity index (χ1v) is 6.23. The van der Waals surface area contributed by atoms with Crippen LogP contribution in [0.1, 0.15) is 40.5 Å². The third kappa shape index (κ3) is 7.66. The maximum Gasteiger partial charge on any atom is 0.310 e. The van der Waals surface area contributed by atoms with Gasteiger partial charge in [0.15, 0.2) is 0 Å². The highest BCUT2D eigenvalue weighted by Crippen LogP contribution is 2.11. The SMILES string of the molecule is C=C(C=CC=C(C)CCC=C(C)C)C(C)C(=O)O. The maximum absolute atomic E-state index is 10.7. The van der Waals surface area contributed by atoms with Crippen LogP contribution < -0.4 is 0 Å². The molecule has 0 aromatic rings. The summed E-state index contributed by atoms with van der Waals surface area (Å²) in [4.78, 5) is 10.7. The topological polar surface area (TPSA) is 37.3 Å². The van der Waals surface area contributed by atoms with Crippen LogP contribution in [0.5, 0.6) is 0 Å². The number of carbonyl (C=O) groups is 1. The Hall–Kier alpha value is -1.57. The van der Waals surface area contributed by atoms with Crippen molar-refractivity contribution in [3.8, 4) is 0 Å². The lowest BCUT2D eigenvalue weighted by molar-refractivity contribution is -0.139. The van der Waals surface area contributed by atoms with Crippen molar-refractivity contribution in [3.63, 3.8) is 0 Å². The molecular formula is C16H24O2. The van der Waals surface area contributed by atoms with Gasteiger partial charge in [0.05, 0.1) is 5.92 Å². The van der Waals surface area contributed by atoms with E-state index in [-0.39, 0.29) is 0 Å². The van der Waals surface area contributed by atoms with Gasteiger partial charge >= 0.3 is 5.97 Å². The molecule has 2 nitrogen and oxygen atoms in total. The van der Waals surface area contributed by atoms with Crippen LogP contribution >= 0.6 is 0 Å². The Morgan fingerprint density at radius 2 is 1.94 bits per heavy atom. The van der Waals surface area contributed by atoms with Crippen LogP contribution in [0.2, 0.25) is 0 Å². The predicted molar refractivity (Wildman–Crippen MR) is 77.5 cm³/mol. The van der Waals surface area contributed by atoms with Gasteiger partial charge in [0.2, 0.25) is 0 Å². The molecule has 0 radical (unpaired) electrons. The van der Waals surface area contributed by atoms with Crippen molar-refractivity contribution in [2.24, 2.45) is 5.92 Å². The standard InChI is InChI=1S/C16H24O2/c1-12(2)8-6-9-13(3)10-7-11-14(4)15(5)16(17)18/h7-8,10-11,15H,4,6,9H2,1-3,5H3,(H,17,18). The fourth-order valence-corrected chi connectivity index (χ4v) is 1.31. The average molecular weight is 248 g/mol. The number of carboxylic acids is 1. The summed E-state index contributed by atoms with van der Waals surface area (Å²) in [7, 11) is 0. The number of rotatable bonds is 7. The van der Waals surface area contributed by atoms with Crippen LogP contribution in [0.25, 0.3) is 0 Å². The van der Waals surface area contributed by atoms with Gasteiger partial charge in [0, 0.05) is 0 Å². The van der Waals surface area contributed by atoms with Crippen LogP contribution in [-0.2, 0) is 4.79 Å². The Labute approximate surface area is 110 Å². The lowest BCUT2D eigenvalue weighted by atomic mass is 10.0. The van der Waals surface area contributed by atoms with Crippen LogP contribution in [0.4, 0.5) is 0 Å². The van der Waals surface area contributed by atoms with Gasteiger partial charge in [0.1, 0.15) is 0 Å². The van der Waals surface area contributed by atoms with E-state index in [4.69, 9.17) is 5.11 Å². The highest BCUT2D eigenvalue weighted by molar-refractivity contribution is 5.73. The van der Waals surface area contributed by atoms with Crippen molar-refractivity contribution >= 4 is 5.97 Å². The molecule has 0 saturated carbocycles. The largest absolute Gasteiger partial charge is 0.481 e. The van der Waals surface area contributed by atoms with E-state index in [1.807, 2.05) is 12.2 Å². The van der Waals surface area contributed by atoms with Crippen LogP contribution in [0, 0.1) is 5.92 Å². The fourth-order valence-electron chi connectivity index (χ4n) is 1.31. The molecule has 0 aromatic heterocycles. The quantitative estimate of drug-likeness (QED) is 0.531. The van der Waals surface area contributed by atoms with E-state index in [2.05, 4.69) is 33.4 Å². The average Bonchev–Trinajstić information content (AvgIpc) is 2.27. The zero-order valence-electron chi connectivity index (χ0n) is 11.9. The third-order valence-electron chi connectivity index (χ3n) is 2.71. The molecule has 2 heteroatoms. The highest BCUT2D eigenvalue weighted by Gasteiger charge is 2.11. The first kappa shape index (κ1) is 16.4. The van der Waals surface area contributed by atoms with Crippen molar-refractivity contribution in [1.29, 1.82) is 0 Å². The molecule has 0 rings (SSSR count). The maximum atomic E-state index is 10.7. The van der Waals surface area contributed by atoms with E-state index >= 15 is 0 Å². The normalized spacial score (nSPS) is 13.4. The molecule has 0 fully saturated rings. The number of aliphatic carboxylic acids is 1. The molecule has 0 heterocycles. The zero-order chi connectivity index (χ0) is 14.1. The van der Waals surface area contributed by atoms with Gasteiger partial charge in [-0.15, -0.1) is 0 Å². The van der Waals surface area contributed by atoms with Crippen molar-refractivity contribution < 1.29 is 9.90 Å². The molecule has 0 aliphatic heterocycles. The van der Waals surface area contributed by atoms with Gasteiger partial charge in [-0.25, -0.2) is 0 Å². The molecule has 1 atom stereocenters. The number of hydrogen-bond acceptors (Lipinski definition) is 1. The second kappa shape index (κ2) is 8.51. The Bertz CT molecular complexity index is 380. The zero-order valence-corrected chi connectivity index (χ0v) is 11.9. The lowest BCUT2D eigenvalue weighted by Crippen LogP contribution is -2.10. The summed E-state index contributed by atoms with van der Waals surface area (Å²) in [6.07, 6.45) is 9.94. The molecule has 100 valence electrons. The van der Waals surface area contributed by atoms with E-state index in [9.17, 15) is 4.79 Å². The van der Waals surface area contributed by atoms with E-state index in [0.717, 1.165) is 12.8 Å². The molecule has 0 aliphatic carbocycles. The van der Waals surface area contributed by atoms with Gasteiger partial charge in [0.25, 0.3) is 0 Å². The summed E-state index contributed by atoms with van der Waals surface area (Å²) in [6.45, 7) is 11.7. The predicted octanol–water partition coefficient (Wildman–Crippen LogP) is 4.51. The Morgan fingerprint density at radius 1 is 1.33 bits per heavy atom. The summed E-state index contributed by atoms with van der Waals surface area (Å²) < 4.78 is 0. The summed E-state index contributed by atoms with van der Waals surface area (Å²) in [5.74, 6) is -1.37. The molecule has 0 spiro atoms. The fraction of sp³-hybridized carbons (Fsp3) is 0.438. The summed E-state index contributed by atoms with van der Waals surface area (Å²) in [5.41, 5.74) is 3.23. The second-order valence-corrected chi connectivity index (χ2v) is 4.83. The molecule has 1 unspecified atom stereocenters. The second-order valence-electron chi connectivity index (χ2n) is 4.83. The van der Waals surface area contributed by atoms with Gasteiger partial charge in [-0.1, -0.05) is 42.0 Å². The number of allylic oxidation sites excluding steroid dienone is 6. The van der Waals surface area contributed by atoms with E-state index in [0.29, 0.717) is 5.57 Å². The minimum absolute atomic E-state index is 0.527. The number of carboxylic acid groups (broad SMARTS) is 1. The van der Waals surface area contributed by atoms with Gasteiger partial charge < -0.3 is 5.11 Å². The molecule has 0 saturated heterocycles.